The van der Waals surface area contributed by atoms with Crippen molar-refractivity contribution in [3.8, 4) is 0 Å². The third-order valence-electron chi connectivity index (χ3n) is 3.23. The molecule has 3 nitrogen and oxygen atoms in total. The Bertz CT molecular complexity index is 347. The topological polar surface area (TPSA) is 38.3 Å². The largest absolute Gasteiger partial charge is 0.450 e. The van der Waals surface area contributed by atoms with Crippen molar-refractivity contribution in [1.29, 1.82) is 0 Å². The molecule has 0 aromatic heterocycles. The Balaban J connectivity index is 2.85. The second-order valence-electron chi connectivity index (χ2n) is 4.33. The average molecular weight is 249 g/mol. The van der Waals surface area contributed by atoms with E-state index in [4.69, 9.17) is 4.74 Å². The number of benzene rings is 1. The van der Waals surface area contributed by atoms with Crippen LogP contribution in [0.2, 0.25) is 0 Å². The van der Waals surface area contributed by atoms with Gasteiger partial charge in [0, 0.05) is 0 Å². The lowest BCUT2D eigenvalue weighted by atomic mass is 9.89. The summed E-state index contributed by atoms with van der Waals surface area (Å²) in [4.78, 5) is 11.6. The van der Waals surface area contributed by atoms with E-state index in [1.165, 1.54) is 0 Å². The molecule has 1 rings (SSSR count). The van der Waals surface area contributed by atoms with E-state index in [1.54, 1.807) is 0 Å². The third-order valence-corrected chi connectivity index (χ3v) is 3.23. The van der Waals surface area contributed by atoms with E-state index in [2.05, 4.69) is 31.3 Å². The number of amides is 1. The van der Waals surface area contributed by atoms with Crippen molar-refractivity contribution in [2.75, 3.05) is 6.61 Å². The highest BCUT2D eigenvalue weighted by Gasteiger charge is 2.22. The van der Waals surface area contributed by atoms with Crippen LogP contribution in [0.25, 0.3) is 0 Å². The second kappa shape index (κ2) is 7.75. The Morgan fingerprint density at radius 1 is 1.17 bits per heavy atom. The molecule has 1 aromatic carbocycles. The molecule has 0 bridgehead atoms. The SMILES string of the molecule is CCOC(=O)NC(c1ccccc1)C(CC)CC. The van der Waals surface area contributed by atoms with Gasteiger partial charge in [0.1, 0.15) is 0 Å². The molecule has 0 aliphatic rings. The first-order valence-corrected chi connectivity index (χ1v) is 6.71. The van der Waals surface area contributed by atoms with Crippen molar-refractivity contribution >= 4 is 6.09 Å². The zero-order valence-electron chi connectivity index (χ0n) is 11.5. The molecule has 3 heteroatoms. The molecule has 0 aliphatic carbocycles. The summed E-state index contributed by atoms with van der Waals surface area (Å²) in [5.41, 5.74) is 1.14. The first-order chi connectivity index (χ1) is 8.72. The summed E-state index contributed by atoms with van der Waals surface area (Å²) < 4.78 is 4.98. The highest BCUT2D eigenvalue weighted by atomic mass is 16.5. The quantitative estimate of drug-likeness (QED) is 0.830. The Kier molecular flexibility index (Phi) is 6.26. The van der Waals surface area contributed by atoms with E-state index in [0.29, 0.717) is 12.5 Å². The molecule has 1 unspecified atom stereocenters. The van der Waals surface area contributed by atoms with Gasteiger partial charge in [-0.1, -0.05) is 57.0 Å². The lowest BCUT2D eigenvalue weighted by molar-refractivity contribution is 0.143. The van der Waals surface area contributed by atoms with E-state index in [-0.39, 0.29) is 12.1 Å². The number of alkyl carbamates (subject to hydrolysis) is 1. The fraction of sp³-hybridized carbons (Fsp3) is 0.533. The molecule has 0 saturated heterocycles. The smallest absolute Gasteiger partial charge is 0.407 e. The van der Waals surface area contributed by atoms with Gasteiger partial charge in [0.25, 0.3) is 0 Å². The highest BCUT2D eigenvalue weighted by Crippen LogP contribution is 2.27. The van der Waals surface area contributed by atoms with Crippen LogP contribution in [0, 0.1) is 5.92 Å². The molecule has 1 N–H and O–H groups in total. The van der Waals surface area contributed by atoms with Crippen LogP contribution in [-0.4, -0.2) is 12.7 Å². The maximum absolute atomic E-state index is 11.6. The van der Waals surface area contributed by atoms with Gasteiger partial charge >= 0.3 is 6.09 Å². The predicted octanol–water partition coefficient (Wildman–Crippen LogP) is 3.91. The van der Waals surface area contributed by atoms with E-state index in [0.717, 1.165) is 18.4 Å². The Hall–Kier alpha value is -1.51. The first-order valence-electron chi connectivity index (χ1n) is 6.71. The van der Waals surface area contributed by atoms with Crippen LogP contribution in [-0.2, 0) is 4.74 Å². The zero-order valence-corrected chi connectivity index (χ0v) is 11.5. The minimum Gasteiger partial charge on any atom is -0.450 e. The normalized spacial score (nSPS) is 12.2. The summed E-state index contributed by atoms with van der Waals surface area (Å²) in [7, 11) is 0. The lowest BCUT2D eigenvalue weighted by Gasteiger charge is -2.26. The van der Waals surface area contributed by atoms with Crippen molar-refractivity contribution in [2.45, 2.75) is 39.7 Å². The van der Waals surface area contributed by atoms with Gasteiger partial charge in [-0.2, -0.15) is 0 Å². The van der Waals surface area contributed by atoms with E-state index in [9.17, 15) is 4.79 Å². The summed E-state index contributed by atoms with van der Waals surface area (Å²) in [5, 5.41) is 2.98. The summed E-state index contributed by atoms with van der Waals surface area (Å²) >= 11 is 0. The highest BCUT2D eigenvalue weighted by molar-refractivity contribution is 5.67. The minimum absolute atomic E-state index is 0.0280. The molecule has 1 amide bonds. The summed E-state index contributed by atoms with van der Waals surface area (Å²) in [5.74, 6) is 0.428. The van der Waals surface area contributed by atoms with Gasteiger partial charge in [0.2, 0.25) is 0 Å². The number of ether oxygens (including phenoxy) is 1. The van der Waals surface area contributed by atoms with Crippen molar-refractivity contribution < 1.29 is 9.53 Å². The van der Waals surface area contributed by atoms with E-state index < -0.39 is 0 Å². The molecule has 1 atom stereocenters. The summed E-state index contributed by atoms with van der Waals surface area (Å²) in [6.07, 6.45) is 1.73. The van der Waals surface area contributed by atoms with Crippen molar-refractivity contribution in [2.24, 2.45) is 5.92 Å². The first kappa shape index (κ1) is 14.6. The fourth-order valence-electron chi connectivity index (χ4n) is 2.19. The van der Waals surface area contributed by atoms with Crippen molar-refractivity contribution in [3.63, 3.8) is 0 Å². The van der Waals surface area contributed by atoms with Gasteiger partial charge in [0.05, 0.1) is 12.6 Å². The van der Waals surface area contributed by atoms with Crippen LogP contribution in [0.3, 0.4) is 0 Å². The van der Waals surface area contributed by atoms with Gasteiger partial charge < -0.3 is 10.1 Å². The van der Waals surface area contributed by atoms with Gasteiger partial charge in [-0.3, -0.25) is 0 Å². The number of carbonyl (C=O) groups excluding carboxylic acids is 1. The van der Waals surface area contributed by atoms with E-state index >= 15 is 0 Å². The molecular formula is C15H23NO2. The van der Waals surface area contributed by atoms with Crippen LogP contribution >= 0.6 is 0 Å². The summed E-state index contributed by atoms with van der Waals surface area (Å²) in [6, 6.07) is 10.1. The molecule has 0 fully saturated rings. The molecule has 0 heterocycles. The molecule has 18 heavy (non-hydrogen) atoms. The fourth-order valence-corrected chi connectivity index (χ4v) is 2.19. The second-order valence-corrected chi connectivity index (χ2v) is 4.33. The van der Waals surface area contributed by atoms with Crippen LogP contribution in [0.1, 0.15) is 45.2 Å². The Labute approximate surface area is 110 Å². The average Bonchev–Trinajstić information content (AvgIpc) is 2.40. The third kappa shape index (κ3) is 4.06. The van der Waals surface area contributed by atoms with Crippen LogP contribution in [0.15, 0.2) is 30.3 Å². The van der Waals surface area contributed by atoms with Gasteiger partial charge in [-0.25, -0.2) is 4.79 Å². The zero-order chi connectivity index (χ0) is 13.4. The van der Waals surface area contributed by atoms with Crippen molar-refractivity contribution in [1.82, 2.24) is 5.32 Å². The van der Waals surface area contributed by atoms with E-state index in [1.807, 2.05) is 25.1 Å². The predicted molar refractivity (Wildman–Crippen MR) is 73.4 cm³/mol. The monoisotopic (exact) mass is 249 g/mol. The number of hydrogen-bond donors (Lipinski definition) is 1. The number of nitrogens with one attached hydrogen (secondary N) is 1. The Morgan fingerprint density at radius 2 is 1.78 bits per heavy atom. The van der Waals surface area contributed by atoms with Gasteiger partial charge in [0.15, 0.2) is 0 Å². The Morgan fingerprint density at radius 3 is 2.28 bits per heavy atom. The molecule has 100 valence electrons. The van der Waals surface area contributed by atoms with Crippen LogP contribution in [0.4, 0.5) is 4.79 Å². The molecular weight excluding hydrogens is 226 g/mol. The standard InChI is InChI=1S/C15H23NO2/c1-4-12(5-2)14(16-15(17)18-6-3)13-10-8-7-9-11-13/h7-12,14H,4-6H2,1-3H3,(H,16,17). The lowest BCUT2D eigenvalue weighted by Crippen LogP contribution is -2.33. The number of hydrogen-bond acceptors (Lipinski definition) is 2. The van der Waals surface area contributed by atoms with Gasteiger partial charge in [-0.15, -0.1) is 0 Å². The van der Waals surface area contributed by atoms with Crippen LogP contribution in [0.5, 0.6) is 0 Å². The van der Waals surface area contributed by atoms with Crippen molar-refractivity contribution in [3.05, 3.63) is 35.9 Å². The molecule has 0 spiro atoms. The van der Waals surface area contributed by atoms with Gasteiger partial charge in [-0.05, 0) is 18.4 Å². The van der Waals surface area contributed by atoms with Crippen LogP contribution < -0.4 is 5.32 Å². The molecule has 0 saturated carbocycles. The number of rotatable bonds is 6. The molecule has 0 aliphatic heterocycles. The molecule has 0 radical (unpaired) electrons. The minimum atomic E-state index is -0.335. The number of carbonyl (C=O) groups is 1. The summed E-state index contributed by atoms with van der Waals surface area (Å²) in [6.45, 7) is 6.51. The maximum Gasteiger partial charge on any atom is 0.407 e. The molecule has 1 aromatic rings. The maximum atomic E-state index is 11.6.